The van der Waals surface area contributed by atoms with Crippen LogP contribution in [0, 0.1) is 29.3 Å². The zero-order valence-electron chi connectivity index (χ0n) is 15.3. The van der Waals surface area contributed by atoms with Gasteiger partial charge < -0.3 is 18.9 Å². The first-order chi connectivity index (χ1) is 13.1. The van der Waals surface area contributed by atoms with Gasteiger partial charge in [0.25, 0.3) is 0 Å². The van der Waals surface area contributed by atoms with Gasteiger partial charge in [0.15, 0.2) is 30.0 Å². The highest BCUT2D eigenvalue weighted by atomic mass is 19.2. The topological polar surface area (TPSA) is 36.9 Å². The van der Waals surface area contributed by atoms with Gasteiger partial charge in [-0.1, -0.05) is 19.1 Å². The Morgan fingerprint density at radius 1 is 0.963 bits per heavy atom. The van der Waals surface area contributed by atoms with E-state index < -0.39 is 23.7 Å². The molecule has 2 heterocycles. The number of aryl methyl sites for hydroxylation is 1. The fraction of sp³-hybridized carbons (Fsp3) is 0.600. The van der Waals surface area contributed by atoms with Crippen molar-refractivity contribution in [1.29, 1.82) is 0 Å². The minimum Gasteiger partial charge on any atom is -0.352 e. The molecule has 0 atom stereocenters. The fourth-order valence-electron chi connectivity index (χ4n) is 3.16. The maximum Gasteiger partial charge on any atom is 0.194 e. The highest BCUT2D eigenvalue weighted by Gasteiger charge is 2.33. The molecule has 150 valence electrons. The predicted octanol–water partition coefficient (Wildman–Crippen LogP) is 3.98. The lowest BCUT2D eigenvalue weighted by Crippen LogP contribution is -2.44. The quantitative estimate of drug-likeness (QED) is 0.547. The summed E-state index contributed by atoms with van der Waals surface area (Å²) in [6, 6.07) is 1.99. The third kappa shape index (κ3) is 5.54. The minimum absolute atomic E-state index is 0.0157. The number of ether oxygens (including phenoxy) is 4. The van der Waals surface area contributed by atoms with Gasteiger partial charge in [0, 0.05) is 12.3 Å². The van der Waals surface area contributed by atoms with Gasteiger partial charge in [-0.05, 0) is 30.5 Å². The van der Waals surface area contributed by atoms with Crippen molar-refractivity contribution in [2.45, 2.75) is 38.8 Å². The summed E-state index contributed by atoms with van der Waals surface area (Å²) in [6.45, 7) is 4.17. The van der Waals surface area contributed by atoms with Crippen LogP contribution < -0.4 is 0 Å². The van der Waals surface area contributed by atoms with Crippen molar-refractivity contribution >= 4 is 0 Å². The van der Waals surface area contributed by atoms with E-state index in [9.17, 15) is 13.2 Å². The van der Waals surface area contributed by atoms with E-state index in [1.54, 1.807) is 0 Å². The number of hydrogen-bond acceptors (Lipinski definition) is 4. The van der Waals surface area contributed by atoms with Crippen molar-refractivity contribution in [2.75, 3.05) is 26.4 Å². The average Bonchev–Trinajstić information content (AvgIpc) is 2.69. The molecule has 7 heteroatoms. The molecule has 0 bridgehead atoms. The van der Waals surface area contributed by atoms with E-state index in [0.717, 1.165) is 18.6 Å². The number of allylic oxidation sites excluding steroid dienone is 1. The van der Waals surface area contributed by atoms with Gasteiger partial charge in [0.05, 0.1) is 32.3 Å². The maximum atomic E-state index is 13.2. The molecule has 27 heavy (non-hydrogen) atoms. The Kier molecular flexibility index (Phi) is 7.29. The summed E-state index contributed by atoms with van der Waals surface area (Å²) in [5.74, 6) is -3.57. The predicted molar refractivity (Wildman–Crippen MR) is 92.4 cm³/mol. The van der Waals surface area contributed by atoms with Crippen LogP contribution in [0.2, 0.25) is 0 Å². The Balaban J connectivity index is 1.40. The van der Waals surface area contributed by atoms with Crippen LogP contribution >= 0.6 is 0 Å². The molecule has 4 nitrogen and oxygen atoms in total. The fourth-order valence-corrected chi connectivity index (χ4v) is 3.16. The van der Waals surface area contributed by atoms with Crippen molar-refractivity contribution in [3.63, 3.8) is 0 Å². The largest absolute Gasteiger partial charge is 0.352 e. The molecule has 2 fully saturated rings. The molecule has 2 aliphatic rings. The van der Waals surface area contributed by atoms with Crippen LogP contribution in [0.1, 0.15) is 25.3 Å². The van der Waals surface area contributed by atoms with Crippen LogP contribution in [0.15, 0.2) is 24.3 Å². The maximum absolute atomic E-state index is 13.2. The summed E-state index contributed by atoms with van der Waals surface area (Å²) < 4.78 is 62.4. The highest BCUT2D eigenvalue weighted by Crippen LogP contribution is 2.25. The molecular formula is C20H25F3O4. The zero-order chi connectivity index (χ0) is 19.2. The van der Waals surface area contributed by atoms with Gasteiger partial charge in [-0.3, -0.25) is 0 Å². The molecule has 1 aromatic carbocycles. The van der Waals surface area contributed by atoms with Gasteiger partial charge in [-0.2, -0.15) is 0 Å². The molecular weight excluding hydrogens is 361 g/mol. The highest BCUT2D eigenvalue weighted by molar-refractivity contribution is 5.19. The van der Waals surface area contributed by atoms with E-state index in [-0.39, 0.29) is 18.1 Å². The molecule has 1 aromatic rings. The molecule has 2 saturated heterocycles. The minimum atomic E-state index is -1.45. The monoisotopic (exact) mass is 386 g/mol. The van der Waals surface area contributed by atoms with Crippen LogP contribution in [-0.4, -0.2) is 39.0 Å². The molecule has 0 radical (unpaired) electrons. The SMILES string of the molecule is CCC=CC1COC(C2COC(CCc3cc(F)c(F)c(F)c3)OC2)OC1. The Morgan fingerprint density at radius 2 is 1.59 bits per heavy atom. The summed E-state index contributed by atoms with van der Waals surface area (Å²) in [5.41, 5.74) is 0.367. The molecule has 0 unspecified atom stereocenters. The van der Waals surface area contributed by atoms with Crippen LogP contribution in [-0.2, 0) is 25.4 Å². The summed E-state index contributed by atoms with van der Waals surface area (Å²) >= 11 is 0. The van der Waals surface area contributed by atoms with Gasteiger partial charge in [0.1, 0.15) is 0 Å². The lowest BCUT2D eigenvalue weighted by molar-refractivity contribution is -0.278. The number of benzene rings is 1. The van der Waals surface area contributed by atoms with E-state index in [1.807, 2.05) is 0 Å². The molecule has 3 rings (SSSR count). The number of rotatable bonds is 6. The molecule has 0 saturated carbocycles. The van der Waals surface area contributed by atoms with Crippen LogP contribution in [0.5, 0.6) is 0 Å². The summed E-state index contributed by atoms with van der Waals surface area (Å²) in [5, 5.41) is 0. The summed E-state index contributed by atoms with van der Waals surface area (Å²) in [7, 11) is 0. The Morgan fingerprint density at radius 3 is 2.19 bits per heavy atom. The van der Waals surface area contributed by atoms with Crippen LogP contribution in [0.3, 0.4) is 0 Å². The Hall–Kier alpha value is -1.41. The third-order valence-corrected chi connectivity index (χ3v) is 4.68. The molecule has 0 amide bonds. The first-order valence-electron chi connectivity index (χ1n) is 9.33. The molecule has 0 spiro atoms. The van der Waals surface area contributed by atoms with Crippen LogP contribution in [0.4, 0.5) is 13.2 Å². The van der Waals surface area contributed by atoms with Gasteiger partial charge in [0.2, 0.25) is 0 Å². The second-order valence-electron chi connectivity index (χ2n) is 6.90. The van der Waals surface area contributed by atoms with Gasteiger partial charge in [-0.15, -0.1) is 0 Å². The Bertz CT molecular complexity index is 613. The lowest BCUT2D eigenvalue weighted by Gasteiger charge is -2.37. The third-order valence-electron chi connectivity index (χ3n) is 4.68. The Labute approximate surface area is 157 Å². The van der Waals surface area contributed by atoms with E-state index in [4.69, 9.17) is 18.9 Å². The zero-order valence-corrected chi connectivity index (χ0v) is 15.3. The summed E-state index contributed by atoms with van der Waals surface area (Å²) in [6.07, 6.45) is 5.13. The van der Waals surface area contributed by atoms with E-state index in [1.165, 1.54) is 0 Å². The van der Waals surface area contributed by atoms with Crippen molar-refractivity contribution in [1.82, 2.24) is 0 Å². The van der Waals surface area contributed by atoms with E-state index in [2.05, 4.69) is 19.1 Å². The molecule has 0 N–H and O–H groups in total. The number of hydrogen-bond donors (Lipinski definition) is 0. The summed E-state index contributed by atoms with van der Waals surface area (Å²) in [4.78, 5) is 0. The first kappa shape index (κ1) is 20.3. The van der Waals surface area contributed by atoms with Crippen molar-refractivity contribution in [3.05, 3.63) is 47.3 Å². The number of halogens is 3. The molecule has 2 aliphatic heterocycles. The first-order valence-corrected chi connectivity index (χ1v) is 9.33. The molecule has 0 aromatic heterocycles. The van der Waals surface area contributed by atoms with Crippen LogP contribution in [0.25, 0.3) is 0 Å². The average molecular weight is 386 g/mol. The second kappa shape index (κ2) is 9.68. The van der Waals surface area contributed by atoms with Crippen molar-refractivity contribution in [2.24, 2.45) is 11.8 Å². The lowest BCUT2D eigenvalue weighted by atomic mass is 10.1. The normalized spacial score (nSPS) is 29.3. The van der Waals surface area contributed by atoms with Crippen molar-refractivity contribution in [3.8, 4) is 0 Å². The second-order valence-corrected chi connectivity index (χ2v) is 6.90. The standard InChI is InChI=1S/C20H25F3O4/c1-2-3-4-14-9-26-20(27-10-14)15-11-24-18(25-12-15)6-5-13-7-16(21)19(23)17(22)8-13/h3-4,7-8,14-15,18,20H,2,5-6,9-12H2,1H3. The van der Waals surface area contributed by atoms with Crippen molar-refractivity contribution < 1.29 is 32.1 Å². The van der Waals surface area contributed by atoms with E-state index >= 15 is 0 Å². The van der Waals surface area contributed by atoms with Gasteiger partial charge in [-0.25, -0.2) is 13.2 Å². The van der Waals surface area contributed by atoms with E-state index in [0.29, 0.717) is 44.8 Å². The van der Waals surface area contributed by atoms with Gasteiger partial charge >= 0.3 is 0 Å². The molecule has 0 aliphatic carbocycles. The smallest absolute Gasteiger partial charge is 0.194 e.